The van der Waals surface area contributed by atoms with Gasteiger partial charge in [-0.1, -0.05) is 6.92 Å². The first-order valence-electron chi connectivity index (χ1n) is 6.44. The van der Waals surface area contributed by atoms with Gasteiger partial charge in [-0.25, -0.2) is 8.42 Å². The van der Waals surface area contributed by atoms with Gasteiger partial charge in [-0.3, -0.25) is 0 Å². The van der Waals surface area contributed by atoms with Crippen LogP contribution in [-0.2, 0) is 10.0 Å². The van der Waals surface area contributed by atoms with Crippen LogP contribution in [0.2, 0.25) is 0 Å². The molecule has 1 saturated heterocycles. The van der Waals surface area contributed by atoms with Crippen LogP contribution < -0.4 is 10.5 Å². The summed E-state index contributed by atoms with van der Waals surface area (Å²) >= 11 is 3.31. The SMILES string of the molecule is COc1ccc(S(=O)(=O)N2CC(C)CC(N)C2)cc1Br. The number of halogens is 1. The van der Waals surface area contributed by atoms with Gasteiger partial charge in [-0.15, -0.1) is 0 Å². The number of ether oxygens (including phenoxy) is 1. The Morgan fingerprint density at radius 1 is 1.40 bits per heavy atom. The smallest absolute Gasteiger partial charge is 0.243 e. The summed E-state index contributed by atoms with van der Waals surface area (Å²) in [7, 11) is -1.97. The van der Waals surface area contributed by atoms with Gasteiger partial charge in [0.15, 0.2) is 0 Å². The maximum Gasteiger partial charge on any atom is 0.243 e. The quantitative estimate of drug-likeness (QED) is 0.889. The first-order chi connectivity index (χ1) is 9.34. The summed E-state index contributed by atoms with van der Waals surface area (Å²) in [6, 6.07) is 4.67. The lowest BCUT2D eigenvalue weighted by atomic mass is 9.99. The van der Waals surface area contributed by atoms with E-state index in [1.54, 1.807) is 25.3 Å². The van der Waals surface area contributed by atoms with Crippen LogP contribution >= 0.6 is 15.9 Å². The molecule has 1 aromatic rings. The van der Waals surface area contributed by atoms with Gasteiger partial charge >= 0.3 is 0 Å². The van der Waals surface area contributed by atoms with E-state index in [4.69, 9.17) is 10.5 Å². The molecule has 2 rings (SSSR count). The van der Waals surface area contributed by atoms with Gasteiger partial charge in [0, 0.05) is 19.1 Å². The molecule has 1 fully saturated rings. The Hall–Kier alpha value is -0.630. The average Bonchev–Trinajstić information content (AvgIpc) is 2.37. The molecule has 2 atom stereocenters. The van der Waals surface area contributed by atoms with E-state index >= 15 is 0 Å². The molecule has 112 valence electrons. The second kappa shape index (κ2) is 6.01. The summed E-state index contributed by atoms with van der Waals surface area (Å²) in [6.07, 6.45) is 0.859. The molecule has 5 nitrogen and oxygen atoms in total. The molecule has 1 aliphatic heterocycles. The highest BCUT2D eigenvalue weighted by atomic mass is 79.9. The molecule has 7 heteroatoms. The van der Waals surface area contributed by atoms with E-state index in [0.29, 0.717) is 23.3 Å². The number of hydrogen-bond donors (Lipinski definition) is 1. The molecule has 0 spiro atoms. The van der Waals surface area contributed by atoms with Crippen LogP contribution in [0.25, 0.3) is 0 Å². The third-order valence-electron chi connectivity index (χ3n) is 3.42. The van der Waals surface area contributed by atoms with Crippen LogP contribution in [0.4, 0.5) is 0 Å². The van der Waals surface area contributed by atoms with E-state index in [0.717, 1.165) is 6.42 Å². The maximum atomic E-state index is 12.6. The predicted molar refractivity (Wildman–Crippen MR) is 81.2 cm³/mol. The van der Waals surface area contributed by atoms with Crippen molar-refractivity contribution in [1.29, 1.82) is 0 Å². The van der Waals surface area contributed by atoms with Gasteiger partial charge in [-0.05, 0) is 46.5 Å². The van der Waals surface area contributed by atoms with E-state index in [2.05, 4.69) is 15.9 Å². The van der Waals surface area contributed by atoms with Crippen LogP contribution in [0.15, 0.2) is 27.6 Å². The Bertz CT molecular complexity index is 581. The summed E-state index contributed by atoms with van der Waals surface area (Å²) in [6.45, 7) is 2.90. The van der Waals surface area contributed by atoms with Crippen molar-refractivity contribution in [2.75, 3.05) is 20.2 Å². The van der Waals surface area contributed by atoms with E-state index in [-0.39, 0.29) is 16.9 Å². The largest absolute Gasteiger partial charge is 0.496 e. The molecule has 0 aromatic heterocycles. The van der Waals surface area contributed by atoms with Crippen LogP contribution in [-0.4, -0.2) is 39.0 Å². The number of nitrogens with zero attached hydrogens (tertiary/aromatic N) is 1. The zero-order valence-corrected chi connectivity index (χ0v) is 13.9. The van der Waals surface area contributed by atoms with Crippen molar-refractivity contribution in [1.82, 2.24) is 4.31 Å². The summed E-state index contributed by atoms with van der Waals surface area (Å²) in [5.41, 5.74) is 5.93. The zero-order chi connectivity index (χ0) is 14.9. The highest BCUT2D eigenvalue weighted by Gasteiger charge is 2.32. The second-order valence-corrected chi connectivity index (χ2v) is 8.01. The number of piperidine rings is 1. The minimum absolute atomic E-state index is 0.102. The summed E-state index contributed by atoms with van der Waals surface area (Å²) < 4.78 is 32.5. The summed E-state index contributed by atoms with van der Waals surface area (Å²) in [4.78, 5) is 0.256. The number of benzene rings is 1. The molecule has 2 unspecified atom stereocenters. The van der Waals surface area contributed by atoms with Gasteiger partial charge in [0.1, 0.15) is 5.75 Å². The van der Waals surface area contributed by atoms with Crippen molar-refractivity contribution in [3.8, 4) is 5.75 Å². The molecule has 0 radical (unpaired) electrons. The van der Waals surface area contributed by atoms with E-state index in [1.807, 2.05) is 6.92 Å². The number of hydrogen-bond acceptors (Lipinski definition) is 4. The molecule has 0 aliphatic carbocycles. The fraction of sp³-hybridized carbons (Fsp3) is 0.538. The molecule has 2 N–H and O–H groups in total. The van der Waals surface area contributed by atoms with E-state index in [9.17, 15) is 8.42 Å². The number of methoxy groups -OCH3 is 1. The van der Waals surface area contributed by atoms with Crippen LogP contribution in [0.5, 0.6) is 5.75 Å². The molecule has 1 heterocycles. The predicted octanol–water partition coefficient (Wildman–Crippen LogP) is 1.82. The standard InChI is InChI=1S/C13H19BrN2O3S/c1-9-5-10(15)8-16(7-9)20(17,18)11-3-4-13(19-2)12(14)6-11/h3-4,6,9-10H,5,7-8,15H2,1-2H3. The molecule has 0 bridgehead atoms. The lowest BCUT2D eigenvalue weighted by Crippen LogP contribution is -2.48. The lowest BCUT2D eigenvalue weighted by molar-refractivity contribution is 0.254. The van der Waals surface area contributed by atoms with Crippen molar-refractivity contribution in [3.63, 3.8) is 0 Å². The van der Waals surface area contributed by atoms with Crippen molar-refractivity contribution < 1.29 is 13.2 Å². The normalized spacial score (nSPS) is 24.6. The molecule has 20 heavy (non-hydrogen) atoms. The Morgan fingerprint density at radius 3 is 2.65 bits per heavy atom. The molecule has 0 saturated carbocycles. The van der Waals surface area contributed by atoms with Crippen molar-refractivity contribution >= 4 is 26.0 Å². The Kier molecular flexibility index (Phi) is 4.73. The van der Waals surface area contributed by atoms with Crippen molar-refractivity contribution in [2.45, 2.75) is 24.3 Å². The minimum atomic E-state index is -3.51. The van der Waals surface area contributed by atoms with Crippen LogP contribution in [0.3, 0.4) is 0 Å². The zero-order valence-electron chi connectivity index (χ0n) is 11.5. The van der Waals surface area contributed by atoms with E-state index in [1.165, 1.54) is 4.31 Å². The second-order valence-electron chi connectivity index (χ2n) is 5.22. The number of rotatable bonds is 3. The Morgan fingerprint density at radius 2 is 2.10 bits per heavy atom. The molecule has 1 aliphatic rings. The maximum absolute atomic E-state index is 12.6. The van der Waals surface area contributed by atoms with Crippen LogP contribution in [0.1, 0.15) is 13.3 Å². The third kappa shape index (κ3) is 3.16. The van der Waals surface area contributed by atoms with Gasteiger partial charge in [-0.2, -0.15) is 4.31 Å². The molecule has 0 amide bonds. The first-order valence-corrected chi connectivity index (χ1v) is 8.67. The summed E-state index contributed by atoms with van der Waals surface area (Å²) in [5.74, 6) is 0.878. The lowest BCUT2D eigenvalue weighted by Gasteiger charge is -2.33. The number of sulfonamides is 1. The fourth-order valence-corrected chi connectivity index (χ4v) is 4.84. The van der Waals surface area contributed by atoms with Gasteiger partial charge in [0.05, 0.1) is 16.5 Å². The van der Waals surface area contributed by atoms with E-state index < -0.39 is 10.0 Å². The van der Waals surface area contributed by atoms with Gasteiger partial charge in [0.2, 0.25) is 10.0 Å². The fourth-order valence-electron chi connectivity index (χ4n) is 2.50. The minimum Gasteiger partial charge on any atom is -0.496 e. The highest BCUT2D eigenvalue weighted by molar-refractivity contribution is 9.10. The molecule has 1 aromatic carbocycles. The Balaban J connectivity index is 2.32. The number of nitrogens with two attached hydrogens (primary N) is 1. The average molecular weight is 363 g/mol. The van der Waals surface area contributed by atoms with Gasteiger partial charge in [0.25, 0.3) is 0 Å². The first kappa shape index (κ1) is 15.8. The van der Waals surface area contributed by atoms with Crippen molar-refractivity contribution in [3.05, 3.63) is 22.7 Å². The highest BCUT2D eigenvalue weighted by Crippen LogP contribution is 2.30. The van der Waals surface area contributed by atoms with Crippen molar-refractivity contribution in [2.24, 2.45) is 11.7 Å². The summed E-state index contributed by atoms with van der Waals surface area (Å²) in [5, 5.41) is 0. The molecular weight excluding hydrogens is 344 g/mol. The monoisotopic (exact) mass is 362 g/mol. The topological polar surface area (TPSA) is 72.6 Å². The van der Waals surface area contributed by atoms with Crippen LogP contribution in [0, 0.1) is 5.92 Å². The Labute approximate surface area is 128 Å². The third-order valence-corrected chi connectivity index (χ3v) is 5.87. The van der Waals surface area contributed by atoms with Gasteiger partial charge < -0.3 is 10.5 Å². The molecular formula is C13H19BrN2O3S.